The highest BCUT2D eigenvalue weighted by atomic mass is 127. The number of benzene rings is 1. The van der Waals surface area contributed by atoms with Crippen molar-refractivity contribution in [3.63, 3.8) is 0 Å². The number of thiophene rings is 1. The quantitative estimate of drug-likeness (QED) is 0.550. The highest BCUT2D eigenvalue weighted by Gasteiger charge is 2.04. The molecular formula is C9H7IS2. The summed E-state index contributed by atoms with van der Waals surface area (Å²) in [4.78, 5) is 0. The lowest BCUT2D eigenvalue weighted by Crippen LogP contribution is -1.70. The molecule has 0 unspecified atom stereocenters. The normalized spacial score (nSPS) is 10.9. The van der Waals surface area contributed by atoms with Gasteiger partial charge in [0, 0.05) is 8.27 Å². The zero-order valence-corrected chi connectivity index (χ0v) is 10.3. The first-order valence-corrected chi connectivity index (χ1v) is 5.90. The topological polar surface area (TPSA) is 0 Å². The fourth-order valence-corrected chi connectivity index (χ4v) is 3.29. The fraction of sp³-hybridized carbons (Fsp3) is 0.111. The van der Waals surface area contributed by atoms with E-state index in [-0.39, 0.29) is 0 Å². The molecule has 1 aromatic heterocycles. The lowest BCUT2D eigenvalue weighted by molar-refractivity contribution is 1.47. The molecule has 0 fully saturated rings. The van der Waals surface area contributed by atoms with Gasteiger partial charge in [0.15, 0.2) is 0 Å². The summed E-state index contributed by atoms with van der Waals surface area (Å²) < 4.78 is 3.76. The fourth-order valence-electron chi connectivity index (χ4n) is 1.19. The monoisotopic (exact) mass is 306 g/mol. The number of fused-ring (bicyclic) bond motifs is 1. The zero-order chi connectivity index (χ0) is 8.72. The standard InChI is InChI=1S/C9H7IS2/c1-5-7-3-2-6(10)4-8(7)12-9(5)11/h2-4,11H,1H3. The van der Waals surface area contributed by atoms with E-state index >= 15 is 0 Å². The Morgan fingerprint density at radius 2 is 2.17 bits per heavy atom. The summed E-state index contributed by atoms with van der Waals surface area (Å²) in [5.74, 6) is 0. The molecule has 0 amide bonds. The Hall–Kier alpha value is 0.260. The molecule has 0 aliphatic rings. The van der Waals surface area contributed by atoms with Gasteiger partial charge in [-0.25, -0.2) is 0 Å². The highest BCUT2D eigenvalue weighted by Crippen LogP contribution is 2.33. The van der Waals surface area contributed by atoms with Gasteiger partial charge in [-0.1, -0.05) is 6.07 Å². The molecule has 0 spiro atoms. The third-order valence-corrected chi connectivity index (χ3v) is 4.21. The Balaban J connectivity index is 2.87. The van der Waals surface area contributed by atoms with Crippen LogP contribution in [0.3, 0.4) is 0 Å². The number of aryl methyl sites for hydroxylation is 1. The molecule has 2 aromatic rings. The first-order chi connectivity index (χ1) is 5.68. The Morgan fingerprint density at radius 1 is 1.42 bits per heavy atom. The second-order valence-corrected chi connectivity index (χ2v) is 5.72. The largest absolute Gasteiger partial charge is 0.133 e. The van der Waals surface area contributed by atoms with E-state index in [0.29, 0.717) is 0 Å². The van der Waals surface area contributed by atoms with Crippen LogP contribution in [-0.4, -0.2) is 0 Å². The van der Waals surface area contributed by atoms with Gasteiger partial charge in [0.1, 0.15) is 0 Å². The van der Waals surface area contributed by atoms with Crippen LogP contribution >= 0.6 is 46.6 Å². The van der Waals surface area contributed by atoms with E-state index in [0.717, 1.165) is 4.21 Å². The van der Waals surface area contributed by atoms with Crippen molar-refractivity contribution in [1.82, 2.24) is 0 Å². The molecule has 12 heavy (non-hydrogen) atoms. The maximum absolute atomic E-state index is 4.41. The zero-order valence-electron chi connectivity index (χ0n) is 6.47. The highest BCUT2D eigenvalue weighted by molar-refractivity contribution is 14.1. The van der Waals surface area contributed by atoms with Gasteiger partial charge in [0.25, 0.3) is 0 Å². The van der Waals surface area contributed by atoms with Crippen molar-refractivity contribution in [2.75, 3.05) is 0 Å². The molecule has 1 heterocycles. The van der Waals surface area contributed by atoms with Crippen molar-refractivity contribution in [3.05, 3.63) is 27.3 Å². The second-order valence-electron chi connectivity index (χ2n) is 2.67. The van der Waals surface area contributed by atoms with E-state index < -0.39 is 0 Å². The molecule has 0 aliphatic carbocycles. The van der Waals surface area contributed by atoms with Gasteiger partial charge in [-0.15, -0.1) is 24.0 Å². The van der Waals surface area contributed by atoms with Crippen LogP contribution in [0.4, 0.5) is 0 Å². The Bertz CT molecular complexity index is 431. The lowest BCUT2D eigenvalue weighted by atomic mass is 10.2. The second kappa shape index (κ2) is 3.20. The van der Waals surface area contributed by atoms with Gasteiger partial charge in [-0.3, -0.25) is 0 Å². The number of hydrogen-bond acceptors (Lipinski definition) is 2. The van der Waals surface area contributed by atoms with E-state index in [2.05, 4.69) is 60.3 Å². The molecule has 1 aromatic carbocycles. The van der Waals surface area contributed by atoms with Crippen LogP contribution in [0.15, 0.2) is 22.4 Å². The smallest absolute Gasteiger partial charge is 0.0609 e. The van der Waals surface area contributed by atoms with Crippen LogP contribution in [0.1, 0.15) is 5.56 Å². The molecule has 0 radical (unpaired) electrons. The first-order valence-electron chi connectivity index (χ1n) is 3.56. The molecule has 0 atom stereocenters. The van der Waals surface area contributed by atoms with Gasteiger partial charge in [-0.2, -0.15) is 0 Å². The van der Waals surface area contributed by atoms with Crippen LogP contribution in [0, 0.1) is 10.5 Å². The van der Waals surface area contributed by atoms with Crippen molar-refractivity contribution in [2.45, 2.75) is 11.1 Å². The average molecular weight is 306 g/mol. The Morgan fingerprint density at radius 3 is 2.92 bits per heavy atom. The summed E-state index contributed by atoms with van der Waals surface area (Å²) in [6.45, 7) is 2.12. The molecule has 0 N–H and O–H groups in total. The predicted molar refractivity (Wildman–Crippen MR) is 66.5 cm³/mol. The third-order valence-electron chi connectivity index (χ3n) is 1.88. The molecule has 0 saturated heterocycles. The number of thiol groups is 1. The first kappa shape index (κ1) is 8.84. The summed E-state index contributed by atoms with van der Waals surface area (Å²) in [6.07, 6.45) is 0. The minimum absolute atomic E-state index is 1.13. The molecular weight excluding hydrogens is 299 g/mol. The van der Waals surface area contributed by atoms with Gasteiger partial charge in [-0.05, 0) is 52.6 Å². The summed E-state index contributed by atoms with van der Waals surface area (Å²) in [6, 6.07) is 6.51. The summed E-state index contributed by atoms with van der Waals surface area (Å²) in [5.41, 5.74) is 1.30. The number of rotatable bonds is 0. The molecule has 3 heteroatoms. The lowest BCUT2D eigenvalue weighted by Gasteiger charge is -1.91. The summed E-state index contributed by atoms with van der Waals surface area (Å²) >= 11 is 8.49. The van der Waals surface area contributed by atoms with Crippen molar-refractivity contribution in [3.8, 4) is 0 Å². The molecule has 0 aliphatic heterocycles. The molecule has 0 nitrogen and oxygen atoms in total. The molecule has 0 saturated carbocycles. The van der Waals surface area contributed by atoms with Crippen LogP contribution in [-0.2, 0) is 0 Å². The van der Waals surface area contributed by atoms with E-state index in [4.69, 9.17) is 0 Å². The maximum Gasteiger partial charge on any atom is 0.0609 e. The molecule has 62 valence electrons. The van der Waals surface area contributed by atoms with Gasteiger partial charge in [0.2, 0.25) is 0 Å². The van der Waals surface area contributed by atoms with E-state index in [1.165, 1.54) is 19.2 Å². The van der Waals surface area contributed by atoms with E-state index in [1.54, 1.807) is 11.3 Å². The van der Waals surface area contributed by atoms with Crippen molar-refractivity contribution in [1.29, 1.82) is 0 Å². The summed E-state index contributed by atoms with van der Waals surface area (Å²) in [7, 11) is 0. The van der Waals surface area contributed by atoms with Crippen LogP contribution < -0.4 is 0 Å². The summed E-state index contributed by atoms with van der Waals surface area (Å²) in [5, 5.41) is 1.34. The van der Waals surface area contributed by atoms with Crippen LogP contribution in [0.25, 0.3) is 10.1 Å². The van der Waals surface area contributed by atoms with Gasteiger partial charge >= 0.3 is 0 Å². The van der Waals surface area contributed by atoms with Crippen molar-refractivity contribution < 1.29 is 0 Å². The van der Waals surface area contributed by atoms with Crippen LogP contribution in [0.2, 0.25) is 0 Å². The number of halogens is 1. The van der Waals surface area contributed by atoms with Crippen molar-refractivity contribution >= 4 is 56.6 Å². The minimum Gasteiger partial charge on any atom is -0.133 e. The number of hydrogen-bond donors (Lipinski definition) is 1. The van der Waals surface area contributed by atoms with E-state index in [9.17, 15) is 0 Å². The molecule has 2 rings (SSSR count). The minimum atomic E-state index is 1.13. The SMILES string of the molecule is Cc1c(S)sc2cc(I)ccc12. The Kier molecular flexibility index (Phi) is 2.35. The Labute approximate surface area is 94.5 Å². The molecule has 0 bridgehead atoms. The average Bonchev–Trinajstić information content (AvgIpc) is 2.28. The van der Waals surface area contributed by atoms with Gasteiger partial charge < -0.3 is 0 Å². The predicted octanol–water partition coefficient (Wildman–Crippen LogP) is 4.10. The van der Waals surface area contributed by atoms with Crippen LogP contribution in [0.5, 0.6) is 0 Å². The maximum atomic E-state index is 4.41. The third kappa shape index (κ3) is 1.38. The van der Waals surface area contributed by atoms with E-state index in [1.807, 2.05) is 0 Å². The van der Waals surface area contributed by atoms with Crippen molar-refractivity contribution in [2.24, 2.45) is 0 Å². The van der Waals surface area contributed by atoms with Gasteiger partial charge in [0.05, 0.1) is 4.21 Å².